The zero-order valence-electron chi connectivity index (χ0n) is 21.4. The normalized spacial score (nSPS) is 12.2. The summed E-state index contributed by atoms with van der Waals surface area (Å²) in [5.74, 6) is -1.10. The van der Waals surface area contributed by atoms with E-state index in [0.29, 0.717) is 0 Å². The first kappa shape index (κ1) is 29.5. The molecule has 12 heteroatoms. The lowest BCUT2D eigenvalue weighted by atomic mass is 10.1. The summed E-state index contributed by atoms with van der Waals surface area (Å²) < 4.78 is 25.9. The van der Waals surface area contributed by atoms with Crippen LogP contribution in [-0.4, -0.2) is 54.4 Å². The van der Waals surface area contributed by atoms with E-state index in [2.05, 4.69) is 5.32 Å². The molecule has 12 nitrogen and oxygen atoms in total. The van der Waals surface area contributed by atoms with Gasteiger partial charge in [0.25, 0.3) is 5.69 Å². The molecule has 0 unspecified atom stereocenters. The Hall–Kier alpha value is -3.57. The molecule has 1 aromatic carbocycles. The molecule has 0 heterocycles. The second-order valence-electron chi connectivity index (χ2n) is 9.52. The van der Waals surface area contributed by atoms with Crippen molar-refractivity contribution in [2.24, 2.45) is 0 Å². The van der Waals surface area contributed by atoms with Crippen molar-refractivity contribution < 1.29 is 43.0 Å². The van der Waals surface area contributed by atoms with Crippen molar-refractivity contribution in [1.82, 2.24) is 5.32 Å². The van der Waals surface area contributed by atoms with Crippen LogP contribution in [0.4, 0.5) is 10.5 Å². The fourth-order valence-corrected chi connectivity index (χ4v) is 2.76. The number of alkyl carbamates (subject to hydrolysis) is 1. The van der Waals surface area contributed by atoms with Gasteiger partial charge in [0.15, 0.2) is 11.5 Å². The first-order chi connectivity index (χ1) is 16.1. The number of nitro benzene ring substituents is 1. The Balaban J connectivity index is 2.89. The van der Waals surface area contributed by atoms with E-state index in [9.17, 15) is 24.5 Å². The number of nitrogens with one attached hydrogen (secondary N) is 1. The Morgan fingerprint density at radius 3 is 2.00 bits per heavy atom. The van der Waals surface area contributed by atoms with Crippen molar-refractivity contribution in [2.45, 2.75) is 78.2 Å². The number of benzene rings is 1. The number of nitrogens with zero attached hydrogens (tertiary/aromatic N) is 1. The lowest BCUT2D eigenvalue weighted by molar-refractivity contribution is -0.385. The predicted octanol–water partition coefficient (Wildman–Crippen LogP) is 3.67. The molecule has 196 valence electrons. The zero-order valence-corrected chi connectivity index (χ0v) is 21.4. The van der Waals surface area contributed by atoms with E-state index in [-0.39, 0.29) is 35.6 Å². The molecule has 0 spiro atoms. The molecule has 0 saturated heterocycles. The number of hydrogen-bond donors (Lipinski definition) is 1. The molecule has 1 aromatic rings. The second-order valence-corrected chi connectivity index (χ2v) is 9.52. The van der Waals surface area contributed by atoms with Crippen LogP contribution in [0.2, 0.25) is 0 Å². The maximum Gasteiger partial charge on any atom is 0.408 e. The van der Waals surface area contributed by atoms with Crippen molar-refractivity contribution in [2.75, 3.05) is 14.2 Å². The minimum Gasteiger partial charge on any atom is -0.493 e. The number of carbonyl (C=O) groups is 3. The number of esters is 2. The maximum atomic E-state index is 12.6. The van der Waals surface area contributed by atoms with Gasteiger partial charge in [-0.05, 0) is 54.0 Å². The van der Waals surface area contributed by atoms with Crippen LogP contribution in [0.1, 0.15) is 59.9 Å². The predicted molar refractivity (Wildman–Crippen MR) is 124 cm³/mol. The Morgan fingerprint density at radius 2 is 1.51 bits per heavy atom. The summed E-state index contributed by atoms with van der Waals surface area (Å²) in [5, 5.41) is 13.8. The first-order valence-electron chi connectivity index (χ1n) is 10.8. The fraction of sp³-hybridized carbons (Fsp3) is 0.609. The van der Waals surface area contributed by atoms with Crippen molar-refractivity contribution >= 4 is 23.7 Å². The van der Waals surface area contributed by atoms with Crippen LogP contribution >= 0.6 is 0 Å². The molecule has 0 aliphatic heterocycles. The molecule has 0 bridgehead atoms. The van der Waals surface area contributed by atoms with Crippen LogP contribution in [0.15, 0.2) is 12.1 Å². The van der Waals surface area contributed by atoms with Gasteiger partial charge in [-0.2, -0.15) is 0 Å². The minimum absolute atomic E-state index is 0.0940. The summed E-state index contributed by atoms with van der Waals surface area (Å²) >= 11 is 0. The van der Waals surface area contributed by atoms with E-state index in [0.717, 1.165) is 0 Å². The quantitative estimate of drug-likeness (QED) is 0.219. The summed E-state index contributed by atoms with van der Waals surface area (Å²) in [6.07, 6.45) is -1.26. The third-order valence-corrected chi connectivity index (χ3v) is 4.19. The smallest absolute Gasteiger partial charge is 0.408 e. The number of rotatable bonds is 10. The van der Waals surface area contributed by atoms with Gasteiger partial charge in [-0.3, -0.25) is 14.9 Å². The van der Waals surface area contributed by atoms with Gasteiger partial charge < -0.3 is 29.0 Å². The summed E-state index contributed by atoms with van der Waals surface area (Å²) in [6, 6.07) is 1.34. The van der Waals surface area contributed by atoms with Gasteiger partial charge in [0.2, 0.25) is 0 Å². The zero-order chi connectivity index (χ0) is 27.0. The van der Waals surface area contributed by atoms with Crippen molar-refractivity contribution in [3.63, 3.8) is 0 Å². The second kappa shape index (κ2) is 12.2. The Morgan fingerprint density at radius 1 is 0.971 bits per heavy atom. The third kappa shape index (κ3) is 10.5. The topological polar surface area (TPSA) is 153 Å². The van der Waals surface area contributed by atoms with Crippen molar-refractivity contribution in [3.8, 4) is 11.5 Å². The number of ether oxygens (including phenoxy) is 5. The highest BCUT2D eigenvalue weighted by Gasteiger charge is 2.29. The lowest BCUT2D eigenvalue weighted by Gasteiger charge is -2.26. The molecule has 1 rings (SSSR count). The minimum atomic E-state index is -1.17. The molecule has 0 aliphatic rings. The van der Waals surface area contributed by atoms with Gasteiger partial charge in [-0.25, -0.2) is 9.59 Å². The van der Waals surface area contributed by atoms with Gasteiger partial charge in [-0.1, -0.05) is 0 Å². The van der Waals surface area contributed by atoms with Crippen LogP contribution in [0.5, 0.6) is 11.5 Å². The van der Waals surface area contributed by atoms with Crippen molar-refractivity contribution in [3.05, 3.63) is 27.8 Å². The van der Waals surface area contributed by atoms with Crippen molar-refractivity contribution in [1.29, 1.82) is 0 Å². The maximum absolute atomic E-state index is 12.6. The van der Waals surface area contributed by atoms with Gasteiger partial charge in [0.05, 0.1) is 30.8 Å². The average Bonchev–Trinajstić information content (AvgIpc) is 2.71. The SMILES string of the molecule is COc1cc(COC(=O)CC[C@H](NC(=O)OC(C)(C)C)C(=O)OC(C)(C)C)c([N+](=O)[O-])cc1OC. The van der Waals surface area contributed by atoms with E-state index in [1.165, 1.54) is 26.4 Å². The summed E-state index contributed by atoms with van der Waals surface area (Å²) in [6.45, 7) is 9.59. The van der Waals surface area contributed by atoms with Crippen LogP contribution < -0.4 is 14.8 Å². The van der Waals surface area contributed by atoms with Gasteiger partial charge in [-0.15, -0.1) is 0 Å². The van der Waals surface area contributed by atoms with E-state index in [1.54, 1.807) is 41.5 Å². The largest absolute Gasteiger partial charge is 0.493 e. The molecule has 0 fully saturated rings. The number of hydrogen-bond acceptors (Lipinski definition) is 10. The van der Waals surface area contributed by atoms with E-state index >= 15 is 0 Å². The number of carbonyl (C=O) groups excluding carboxylic acids is 3. The van der Waals surface area contributed by atoms with Crippen LogP contribution in [-0.2, 0) is 30.4 Å². The van der Waals surface area contributed by atoms with E-state index in [1.807, 2.05) is 0 Å². The van der Waals surface area contributed by atoms with E-state index in [4.69, 9.17) is 23.7 Å². The summed E-state index contributed by atoms with van der Waals surface area (Å²) in [5.41, 5.74) is -1.83. The Labute approximate surface area is 204 Å². The summed E-state index contributed by atoms with van der Waals surface area (Å²) in [4.78, 5) is 47.9. The van der Waals surface area contributed by atoms with Gasteiger partial charge in [0, 0.05) is 6.42 Å². The first-order valence-corrected chi connectivity index (χ1v) is 10.8. The number of nitro groups is 1. The number of amides is 1. The number of methoxy groups -OCH3 is 2. The van der Waals surface area contributed by atoms with Gasteiger partial charge >= 0.3 is 18.0 Å². The molecule has 1 N–H and O–H groups in total. The monoisotopic (exact) mass is 498 g/mol. The molecule has 1 amide bonds. The average molecular weight is 499 g/mol. The third-order valence-electron chi connectivity index (χ3n) is 4.19. The van der Waals surface area contributed by atoms with E-state index < -0.39 is 46.8 Å². The summed E-state index contributed by atoms with van der Waals surface area (Å²) in [7, 11) is 2.71. The Bertz CT molecular complexity index is 931. The van der Waals surface area contributed by atoms with Crippen LogP contribution in [0.3, 0.4) is 0 Å². The highest BCUT2D eigenvalue weighted by molar-refractivity contribution is 5.82. The highest BCUT2D eigenvalue weighted by atomic mass is 16.6. The lowest BCUT2D eigenvalue weighted by Crippen LogP contribution is -2.46. The standard InChI is InChI=1S/C23H34N2O10/c1-22(2,3)34-20(27)15(24-21(28)35-23(4,5)6)9-10-19(26)33-13-14-11-17(31-7)18(32-8)12-16(14)25(29)30/h11-12,15H,9-10,13H2,1-8H3,(H,24,28)/t15-/m0/s1. The molecule has 0 aromatic heterocycles. The molecule has 35 heavy (non-hydrogen) atoms. The van der Waals surface area contributed by atoms with Crippen LogP contribution in [0.25, 0.3) is 0 Å². The molecule has 0 aliphatic carbocycles. The molecule has 1 atom stereocenters. The van der Waals surface area contributed by atoms with Crippen LogP contribution in [0, 0.1) is 10.1 Å². The molecular weight excluding hydrogens is 464 g/mol. The molecular formula is C23H34N2O10. The molecule has 0 radical (unpaired) electrons. The van der Waals surface area contributed by atoms with Gasteiger partial charge in [0.1, 0.15) is 23.9 Å². The highest BCUT2D eigenvalue weighted by Crippen LogP contribution is 2.34. The molecule has 0 saturated carbocycles. The fourth-order valence-electron chi connectivity index (χ4n) is 2.76. The Kier molecular flexibility index (Phi) is 10.3.